The first-order valence-corrected chi connectivity index (χ1v) is 12.6. The molecule has 0 aliphatic carbocycles. The number of imidazole rings is 1. The van der Waals surface area contributed by atoms with Crippen LogP contribution < -0.4 is 5.32 Å². The Bertz CT molecular complexity index is 1740. The highest BCUT2D eigenvalue weighted by atomic mass is 32.1. The third-order valence-corrected chi connectivity index (χ3v) is 7.67. The maximum atomic E-state index is 13.3. The molecule has 0 radical (unpaired) electrons. The van der Waals surface area contributed by atoms with Crippen molar-refractivity contribution >= 4 is 50.3 Å². The van der Waals surface area contributed by atoms with E-state index in [1.807, 2.05) is 66.9 Å². The second-order valence-corrected chi connectivity index (χ2v) is 9.93. The van der Waals surface area contributed by atoms with Gasteiger partial charge in [-0.1, -0.05) is 30.3 Å². The number of aliphatic imine (C=N–C) groups is 1. The zero-order chi connectivity index (χ0) is 24.1. The second kappa shape index (κ2) is 8.29. The number of carbonyl (C=O) groups excluding carboxylic acids is 1. The Labute approximate surface area is 211 Å². The number of hydrogen-bond donors (Lipinski definition) is 2. The minimum Gasteiger partial charge on any atom is -0.338 e. The average molecular weight is 485 g/mol. The van der Waals surface area contributed by atoms with Crippen LogP contribution in [0.25, 0.3) is 42.9 Å². The monoisotopic (exact) mass is 484 g/mol. The zero-order valence-corrected chi connectivity index (χ0v) is 20.0. The maximum absolute atomic E-state index is 13.3. The topological polar surface area (TPSA) is 70.1 Å². The van der Waals surface area contributed by atoms with Crippen molar-refractivity contribution in [3.05, 3.63) is 108 Å². The summed E-state index contributed by atoms with van der Waals surface area (Å²) in [4.78, 5) is 26.9. The predicted octanol–water partition coefficient (Wildman–Crippen LogP) is 7.30. The van der Waals surface area contributed by atoms with Crippen molar-refractivity contribution in [2.45, 2.75) is 6.54 Å². The molecule has 6 aromatic rings. The van der Waals surface area contributed by atoms with Gasteiger partial charge in [-0.05, 0) is 82.7 Å². The van der Waals surface area contributed by atoms with Crippen LogP contribution in [0, 0.1) is 0 Å². The van der Waals surface area contributed by atoms with E-state index in [2.05, 4.69) is 50.6 Å². The Morgan fingerprint density at radius 2 is 1.75 bits per heavy atom. The lowest BCUT2D eigenvalue weighted by atomic mass is 9.97. The van der Waals surface area contributed by atoms with Crippen molar-refractivity contribution in [3.63, 3.8) is 0 Å². The molecule has 0 atom stereocenters. The number of nitrogens with one attached hydrogen (secondary N) is 2. The quantitative estimate of drug-likeness (QED) is 0.276. The normalized spacial score (nSPS) is 12.3. The lowest BCUT2D eigenvalue weighted by Gasteiger charge is -2.11. The van der Waals surface area contributed by atoms with Gasteiger partial charge in [0.2, 0.25) is 0 Å². The number of aromatic amines is 1. The molecule has 1 aliphatic rings. The average Bonchev–Trinajstić information content (AvgIpc) is 3.66. The predicted molar refractivity (Wildman–Crippen MR) is 148 cm³/mol. The van der Waals surface area contributed by atoms with Gasteiger partial charge >= 0.3 is 0 Å². The van der Waals surface area contributed by atoms with Crippen molar-refractivity contribution in [3.8, 4) is 21.8 Å². The van der Waals surface area contributed by atoms with Gasteiger partial charge in [-0.25, -0.2) is 4.98 Å². The van der Waals surface area contributed by atoms with Crippen LogP contribution >= 0.6 is 11.3 Å². The molecule has 2 N–H and O–H groups in total. The van der Waals surface area contributed by atoms with E-state index in [1.165, 1.54) is 15.6 Å². The van der Waals surface area contributed by atoms with E-state index in [1.54, 1.807) is 11.3 Å². The number of carbonyl (C=O) groups is 1. The van der Waals surface area contributed by atoms with Gasteiger partial charge in [-0.2, -0.15) is 0 Å². The molecule has 0 bridgehead atoms. The summed E-state index contributed by atoms with van der Waals surface area (Å²) in [6.07, 6.45) is 1.87. The molecule has 2 aromatic heterocycles. The summed E-state index contributed by atoms with van der Waals surface area (Å²) in [5.41, 5.74) is 7.51. The molecular formula is C30H20N4OS. The molecule has 172 valence electrons. The number of nitrogens with zero attached hydrogens (tertiary/aromatic N) is 2. The largest absolute Gasteiger partial charge is 0.338 e. The lowest BCUT2D eigenvalue weighted by Crippen LogP contribution is -2.12. The highest BCUT2D eigenvalue weighted by Crippen LogP contribution is 2.38. The van der Waals surface area contributed by atoms with E-state index < -0.39 is 0 Å². The fourth-order valence-corrected chi connectivity index (χ4v) is 5.80. The summed E-state index contributed by atoms with van der Waals surface area (Å²) >= 11 is 1.75. The summed E-state index contributed by atoms with van der Waals surface area (Å²) < 4.78 is 1.24. The van der Waals surface area contributed by atoms with Crippen molar-refractivity contribution in [1.29, 1.82) is 0 Å². The van der Waals surface area contributed by atoms with Crippen molar-refractivity contribution in [2.75, 3.05) is 5.32 Å². The Hall–Kier alpha value is -4.55. The number of aromatic nitrogens is 2. The fourth-order valence-electron chi connectivity index (χ4n) is 4.69. The number of H-pyrrole nitrogens is 1. The molecular weight excluding hydrogens is 464 g/mol. The molecule has 0 fully saturated rings. The third kappa shape index (κ3) is 3.59. The van der Waals surface area contributed by atoms with Crippen LogP contribution in [0.4, 0.5) is 5.69 Å². The van der Waals surface area contributed by atoms with Gasteiger partial charge in [-0.15, -0.1) is 11.3 Å². The van der Waals surface area contributed by atoms with E-state index in [0.717, 1.165) is 44.1 Å². The molecule has 0 saturated heterocycles. The molecule has 0 saturated carbocycles. The first-order chi connectivity index (χ1) is 17.7. The number of thiophene rings is 1. The first-order valence-electron chi connectivity index (χ1n) is 11.7. The minimum atomic E-state index is -0.142. The van der Waals surface area contributed by atoms with Crippen molar-refractivity contribution in [2.24, 2.45) is 4.99 Å². The van der Waals surface area contributed by atoms with Crippen LogP contribution in [0.15, 0.2) is 96.0 Å². The van der Waals surface area contributed by atoms with Gasteiger partial charge in [0, 0.05) is 32.6 Å². The smallest absolute Gasteiger partial charge is 0.255 e. The Morgan fingerprint density at radius 1 is 0.917 bits per heavy atom. The van der Waals surface area contributed by atoms with Crippen molar-refractivity contribution in [1.82, 2.24) is 9.97 Å². The van der Waals surface area contributed by atoms with Gasteiger partial charge in [0.1, 0.15) is 5.82 Å². The number of para-hydroxylation sites is 2. The number of fused-ring (bicyclic) bond motifs is 3. The number of amides is 1. The summed E-state index contributed by atoms with van der Waals surface area (Å²) in [5.74, 6) is 0.664. The van der Waals surface area contributed by atoms with Crippen LogP contribution in [0.2, 0.25) is 0 Å². The number of hydrogen-bond acceptors (Lipinski definition) is 4. The highest BCUT2D eigenvalue weighted by Gasteiger charge is 2.19. The Morgan fingerprint density at radius 3 is 2.61 bits per heavy atom. The van der Waals surface area contributed by atoms with Gasteiger partial charge in [0.05, 0.1) is 17.6 Å². The van der Waals surface area contributed by atoms with Crippen LogP contribution in [-0.2, 0) is 6.54 Å². The summed E-state index contributed by atoms with van der Waals surface area (Å²) in [6, 6.07) is 30.2. The first kappa shape index (κ1) is 20.8. The van der Waals surface area contributed by atoms with E-state index in [4.69, 9.17) is 0 Å². The van der Waals surface area contributed by atoms with E-state index in [0.29, 0.717) is 12.1 Å². The van der Waals surface area contributed by atoms with E-state index in [9.17, 15) is 4.79 Å². The summed E-state index contributed by atoms with van der Waals surface area (Å²) in [7, 11) is 0. The van der Waals surface area contributed by atoms with E-state index in [-0.39, 0.29) is 5.91 Å². The van der Waals surface area contributed by atoms with E-state index >= 15 is 0 Å². The van der Waals surface area contributed by atoms with Crippen LogP contribution in [0.3, 0.4) is 0 Å². The Kier molecular flexibility index (Phi) is 4.79. The van der Waals surface area contributed by atoms with Gasteiger partial charge < -0.3 is 10.3 Å². The third-order valence-electron chi connectivity index (χ3n) is 6.52. The summed E-state index contributed by atoms with van der Waals surface area (Å²) in [6.45, 7) is 0.643. The molecule has 4 aromatic carbocycles. The second-order valence-electron chi connectivity index (χ2n) is 8.84. The Balaban J connectivity index is 1.18. The van der Waals surface area contributed by atoms with Crippen LogP contribution in [0.5, 0.6) is 0 Å². The van der Waals surface area contributed by atoms with Gasteiger partial charge in [0.15, 0.2) is 0 Å². The van der Waals surface area contributed by atoms with Crippen LogP contribution in [0.1, 0.15) is 21.5 Å². The highest BCUT2D eigenvalue weighted by molar-refractivity contribution is 7.22. The lowest BCUT2D eigenvalue weighted by molar-refractivity contribution is 0.102. The molecule has 5 nitrogen and oxygen atoms in total. The molecule has 0 unspecified atom stereocenters. The zero-order valence-electron chi connectivity index (χ0n) is 19.2. The molecule has 3 heterocycles. The van der Waals surface area contributed by atoms with Crippen LogP contribution in [-0.4, -0.2) is 22.1 Å². The number of anilines is 1. The molecule has 7 rings (SSSR count). The molecule has 1 amide bonds. The van der Waals surface area contributed by atoms with Gasteiger partial charge in [-0.3, -0.25) is 9.79 Å². The molecule has 6 heteroatoms. The number of rotatable bonds is 4. The molecule has 0 spiro atoms. The fraction of sp³-hybridized carbons (Fsp3) is 0.0333. The SMILES string of the molecule is O=C(Nc1ccc(-c2nc3ccccc3[nH]2)cc1)c1cc2c(c(-c3cc4ccccc4s3)c1)CN=C2. The summed E-state index contributed by atoms with van der Waals surface area (Å²) in [5, 5.41) is 4.26. The number of benzene rings is 4. The standard InChI is InChI=1S/C30H20N4OS/c35-30(32-22-11-9-18(10-12-22)29-33-25-6-2-3-7-26(25)34-29)20-13-21-16-31-17-24(21)23(14-20)28-15-19-5-1-4-8-27(19)36-28/h1-16H,17H2,(H,32,35)(H,33,34). The molecule has 36 heavy (non-hydrogen) atoms. The maximum Gasteiger partial charge on any atom is 0.255 e. The van der Waals surface area contributed by atoms with Crippen molar-refractivity contribution < 1.29 is 4.79 Å². The minimum absolute atomic E-state index is 0.142. The van der Waals surface area contributed by atoms with Gasteiger partial charge in [0.25, 0.3) is 5.91 Å². The molecule has 1 aliphatic heterocycles.